The van der Waals surface area contributed by atoms with Crippen molar-refractivity contribution in [3.8, 4) is 17.0 Å². The van der Waals surface area contributed by atoms with Crippen LogP contribution in [0.2, 0.25) is 0 Å². The van der Waals surface area contributed by atoms with E-state index in [-0.39, 0.29) is 5.91 Å². The lowest BCUT2D eigenvalue weighted by atomic mass is 10.1. The van der Waals surface area contributed by atoms with E-state index < -0.39 is 0 Å². The number of aryl methyl sites for hydroxylation is 1. The fraction of sp³-hybridized carbons (Fsp3) is 0.278. The van der Waals surface area contributed by atoms with Gasteiger partial charge in [0, 0.05) is 36.3 Å². The number of ether oxygens (including phenoxy) is 1. The van der Waals surface area contributed by atoms with Gasteiger partial charge in [0.1, 0.15) is 11.4 Å². The van der Waals surface area contributed by atoms with Crippen LogP contribution in [0.5, 0.6) is 5.75 Å². The maximum atomic E-state index is 11.9. The van der Waals surface area contributed by atoms with Crippen molar-refractivity contribution in [3.63, 3.8) is 0 Å². The molecule has 0 saturated heterocycles. The molecule has 4 bridgehead atoms. The molecule has 0 fully saturated rings. The Morgan fingerprint density at radius 1 is 1.12 bits per heavy atom. The number of hydrogen-bond acceptors (Lipinski definition) is 4. The van der Waals surface area contributed by atoms with E-state index in [1.165, 1.54) is 0 Å². The smallest absolute Gasteiger partial charge is 0.220 e. The van der Waals surface area contributed by atoms with Crippen molar-refractivity contribution in [2.75, 3.05) is 13.2 Å². The SMILES string of the molecule is O=C1CCc2cncc(c2)-c2n[nH]c3ccc(cc23)OCCCN1. The minimum absolute atomic E-state index is 0.0537. The molecule has 1 amide bonds. The molecule has 1 aliphatic heterocycles. The number of pyridine rings is 1. The van der Waals surface area contributed by atoms with Crippen LogP contribution in [-0.4, -0.2) is 34.2 Å². The Kier molecular flexibility index (Phi) is 3.86. The van der Waals surface area contributed by atoms with E-state index in [0.29, 0.717) is 26.0 Å². The molecule has 122 valence electrons. The average Bonchev–Trinajstić information content (AvgIpc) is 3.02. The predicted octanol–water partition coefficient (Wildman–Crippen LogP) is 2.46. The predicted molar refractivity (Wildman–Crippen MR) is 90.8 cm³/mol. The van der Waals surface area contributed by atoms with E-state index in [2.05, 4.69) is 20.5 Å². The molecular formula is C18H18N4O2. The number of aromatic amines is 1. The summed E-state index contributed by atoms with van der Waals surface area (Å²) in [6, 6.07) is 7.94. The minimum atomic E-state index is 0.0537. The number of hydrogen-bond donors (Lipinski definition) is 2. The Bertz CT molecular complexity index is 888. The molecule has 0 radical (unpaired) electrons. The van der Waals surface area contributed by atoms with Gasteiger partial charge in [-0.1, -0.05) is 0 Å². The van der Waals surface area contributed by atoms with Crippen molar-refractivity contribution in [1.82, 2.24) is 20.5 Å². The highest BCUT2D eigenvalue weighted by Crippen LogP contribution is 2.29. The molecule has 6 nitrogen and oxygen atoms in total. The summed E-state index contributed by atoms with van der Waals surface area (Å²) >= 11 is 0. The van der Waals surface area contributed by atoms with Crippen molar-refractivity contribution in [3.05, 3.63) is 42.2 Å². The number of nitrogens with zero attached hydrogens (tertiary/aromatic N) is 2. The Morgan fingerprint density at radius 3 is 3.04 bits per heavy atom. The van der Waals surface area contributed by atoms with Gasteiger partial charge >= 0.3 is 0 Å². The third-order valence-corrected chi connectivity index (χ3v) is 4.16. The van der Waals surface area contributed by atoms with Crippen molar-refractivity contribution in [2.45, 2.75) is 19.3 Å². The highest BCUT2D eigenvalue weighted by atomic mass is 16.5. The summed E-state index contributed by atoms with van der Waals surface area (Å²) in [4.78, 5) is 16.2. The largest absolute Gasteiger partial charge is 0.494 e. The van der Waals surface area contributed by atoms with E-state index in [9.17, 15) is 4.79 Å². The summed E-state index contributed by atoms with van der Waals surface area (Å²) in [5, 5.41) is 11.4. The number of benzene rings is 1. The Labute approximate surface area is 139 Å². The summed E-state index contributed by atoms with van der Waals surface area (Å²) in [5.41, 5.74) is 3.78. The number of fused-ring (bicyclic) bond motifs is 4. The van der Waals surface area contributed by atoms with Crippen LogP contribution in [0.15, 0.2) is 36.7 Å². The van der Waals surface area contributed by atoms with Crippen LogP contribution in [0.4, 0.5) is 0 Å². The van der Waals surface area contributed by atoms with Crippen LogP contribution >= 0.6 is 0 Å². The van der Waals surface area contributed by atoms with Gasteiger partial charge in [-0.15, -0.1) is 0 Å². The van der Waals surface area contributed by atoms with E-state index in [0.717, 1.165) is 39.9 Å². The van der Waals surface area contributed by atoms with Crippen molar-refractivity contribution >= 4 is 16.8 Å². The van der Waals surface area contributed by atoms with Gasteiger partial charge in [0.25, 0.3) is 0 Å². The lowest BCUT2D eigenvalue weighted by Gasteiger charge is -2.07. The number of rotatable bonds is 0. The standard InChI is InChI=1S/C18H18N4O2/c23-17-5-2-12-8-13(11-19-10-12)18-15-9-14(24-7-1-6-20-17)3-4-16(15)21-22-18/h3-4,8-11H,1-2,5-7H2,(H,20,23)(H,21,22). The average molecular weight is 322 g/mol. The molecule has 0 atom stereocenters. The third-order valence-electron chi connectivity index (χ3n) is 4.16. The Morgan fingerprint density at radius 2 is 2.08 bits per heavy atom. The van der Waals surface area contributed by atoms with E-state index in [1.807, 2.05) is 24.3 Å². The second kappa shape index (κ2) is 6.31. The lowest BCUT2D eigenvalue weighted by molar-refractivity contribution is -0.121. The number of carbonyl (C=O) groups is 1. The molecule has 0 unspecified atom stereocenters. The van der Waals surface area contributed by atoms with Crippen molar-refractivity contribution in [2.24, 2.45) is 0 Å². The zero-order chi connectivity index (χ0) is 16.4. The molecule has 3 aromatic rings. The number of amides is 1. The zero-order valence-electron chi connectivity index (χ0n) is 13.2. The molecule has 24 heavy (non-hydrogen) atoms. The third kappa shape index (κ3) is 2.95. The monoisotopic (exact) mass is 322 g/mol. The first kappa shape index (κ1) is 14.7. The molecule has 2 N–H and O–H groups in total. The van der Waals surface area contributed by atoms with Crippen LogP contribution in [0, 0.1) is 0 Å². The van der Waals surface area contributed by atoms with Gasteiger partial charge in [0.15, 0.2) is 0 Å². The Balaban J connectivity index is 1.78. The van der Waals surface area contributed by atoms with E-state index in [1.54, 1.807) is 12.4 Å². The second-order valence-electron chi connectivity index (χ2n) is 5.91. The summed E-state index contributed by atoms with van der Waals surface area (Å²) in [7, 11) is 0. The van der Waals surface area contributed by atoms with Gasteiger partial charge in [-0.25, -0.2) is 0 Å². The van der Waals surface area contributed by atoms with Crippen LogP contribution in [0.1, 0.15) is 18.4 Å². The van der Waals surface area contributed by atoms with Gasteiger partial charge in [0.05, 0.1) is 12.1 Å². The first-order chi connectivity index (χ1) is 11.8. The molecule has 2 aromatic heterocycles. The molecule has 1 aliphatic rings. The number of H-pyrrole nitrogens is 1. The second-order valence-corrected chi connectivity index (χ2v) is 5.91. The summed E-state index contributed by atoms with van der Waals surface area (Å²) in [6.07, 6.45) is 5.49. The molecule has 6 heteroatoms. The minimum Gasteiger partial charge on any atom is -0.494 e. The fourth-order valence-electron chi connectivity index (χ4n) is 2.89. The maximum Gasteiger partial charge on any atom is 0.220 e. The fourth-order valence-corrected chi connectivity index (χ4v) is 2.89. The highest BCUT2D eigenvalue weighted by Gasteiger charge is 2.12. The van der Waals surface area contributed by atoms with Gasteiger partial charge < -0.3 is 10.1 Å². The zero-order valence-corrected chi connectivity index (χ0v) is 13.2. The first-order valence-electron chi connectivity index (χ1n) is 8.11. The van der Waals surface area contributed by atoms with Gasteiger partial charge in [-0.05, 0) is 42.7 Å². The normalized spacial score (nSPS) is 15.4. The molecule has 4 rings (SSSR count). The number of nitrogens with one attached hydrogen (secondary N) is 2. The summed E-state index contributed by atoms with van der Waals surface area (Å²) in [6.45, 7) is 1.19. The molecule has 0 aliphatic carbocycles. The van der Waals surface area contributed by atoms with Crippen LogP contribution in [-0.2, 0) is 11.2 Å². The number of carbonyl (C=O) groups excluding carboxylic acids is 1. The van der Waals surface area contributed by atoms with Crippen LogP contribution < -0.4 is 10.1 Å². The number of aromatic nitrogens is 3. The highest BCUT2D eigenvalue weighted by molar-refractivity contribution is 5.93. The van der Waals surface area contributed by atoms with Crippen LogP contribution in [0.3, 0.4) is 0 Å². The van der Waals surface area contributed by atoms with Gasteiger partial charge in [-0.3, -0.25) is 14.9 Å². The van der Waals surface area contributed by atoms with E-state index in [4.69, 9.17) is 4.74 Å². The topological polar surface area (TPSA) is 79.9 Å². The van der Waals surface area contributed by atoms with Crippen molar-refractivity contribution < 1.29 is 9.53 Å². The van der Waals surface area contributed by atoms with Gasteiger partial charge in [0.2, 0.25) is 5.91 Å². The molecular weight excluding hydrogens is 304 g/mol. The van der Waals surface area contributed by atoms with Gasteiger partial charge in [-0.2, -0.15) is 5.10 Å². The first-order valence-corrected chi connectivity index (χ1v) is 8.11. The van der Waals surface area contributed by atoms with E-state index >= 15 is 0 Å². The Hall–Kier alpha value is -2.89. The van der Waals surface area contributed by atoms with Crippen molar-refractivity contribution in [1.29, 1.82) is 0 Å². The summed E-state index contributed by atoms with van der Waals surface area (Å²) < 4.78 is 5.79. The molecule has 0 spiro atoms. The lowest BCUT2D eigenvalue weighted by Crippen LogP contribution is -2.25. The summed E-state index contributed by atoms with van der Waals surface area (Å²) in [5.74, 6) is 0.855. The maximum absolute atomic E-state index is 11.9. The molecule has 3 heterocycles. The quantitative estimate of drug-likeness (QED) is 0.666. The molecule has 1 aromatic carbocycles. The molecule has 0 saturated carbocycles. The van der Waals surface area contributed by atoms with Crippen LogP contribution in [0.25, 0.3) is 22.2 Å².